The first-order valence-corrected chi connectivity index (χ1v) is 41.0. The van der Waals surface area contributed by atoms with E-state index in [0.29, 0.717) is 6.42 Å². The third kappa shape index (κ3) is 75.1. The van der Waals surface area contributed by atoms with Gasteiger partial charge in [0.25, 0.3) is 0 Å². The SMILES string of the molecule is CCCCCCC/C=C\C/C=C\C/C=C\CCCCCCCCCCCCCCCCCCCCCCCCC(=O)OC(COC(=O)CCCCCCCCCCCCCCCCCCCCCCCCCCCCCCCCC)COP(=O)(O)OCCN. The topological polar surface area (TPSA) is 134 Å². The first-order chi connectivity index (χ1) is 43.8. The molecule has 2 unspecified atom stereocenters. The summed E-state index contributed by atoms with van der Waals surface area (Å²) in [5.41, 5.74) is 5.41. The molecule has 0 aliphatic carbocycles. The molecule has 0 fully saturated rings. The highest BCUT2D eigenvalue weighted by Crippen LogP contribution is 2.43. The first kappa shape index (κ1) is 87.2. The molecule has 0 saturated carbocycles. The van der Waals surface area contributed by atoms with Gasteiger partial charge in [-0.2, -0.15) is 0 Å². The van der Waals surface area contributed by atoms with Crippen molar-refractivity contribution in [2.24, 2.45) is 5.73 Å². The summed E-state index contributed by atoms with van der Waals surface area (Å²) >= 11 is 0. The van der Waals surface area contributed by atoms with Crippen molar-refractivity contribution in [3.8, 4) is 0 Å². The summed E-state index contributed by atoms with van der Waals surface area (Å²) in [6.45, 7) is 3.82. The number of carbonyl (C=O) groups excluding carboxylic acids is 2. The Hall–Kier alpha value is -1.77. The van der Waals surface area contributed by atoms with Crippen LogP contribution in [0.5, 0.6) is 0 Å². The third-order valence-electron chi connectivity index (χ3n) is 18.0. The number of ether oxygens (including phenoxy) is 2. The van der Waals surface area contributed by atoms with Crippen LogP contribution in [-0.4, -0.2) is 49.3 Å². The number of hydrogen-bond donors (Lipinski definition) is 2. The van der Waals surface area contributed by atoms with Crippen LogP contribution in [0.25, 0.3) is 0 Å². The van der Waals surface area contributed by atoms with Crippen LogP contribution in [0.3, 0.4) is 0 Å². The molecule has 9 nitrogen and oxygen atoms in total. The summed E-state index contributed by atoms with van der Waals surface area (Å²) in [6.07, 6.45) is 95.7. The van der Waals surface area contributed by atoms with E-state index in [0.717, 1.165) is 44.9 Å². The van der Waals surface area contributed by atoms with Gasteiger partial charge in [0.2, 0.25) is 0 Å². The molecule has 3 N–H and O–H groups in total. The number of esters is 2. The lowest BCUT2D eigenvalue weighted by Gasteiger charge is -2.19. The molecule has 0 heterocycles. The highest BCUT2D eigenvalue weighted by Gasteiger charge is 2.26. The van der Waals surface area contributed by atoms with Crippen LogP contribution in [0, 0.1) is 0 Å². The second-order valence-electron chi connectivity index (χ2n) is 26.9. The molecule has 526 valence electrons. The highest BCUT2D eigenvalue weighted by molar-refractivity contribution is 7.47. The van der Waals surface area contributed by atoms with Crippen LogP contribution in [0.2, 0.25) is 0 Å². The van der Waals surface area contributed by atoms with Gasteiger partial charge in [-0.25, -0.2) is 4.57 Å². The van der Waals surface area contributed by atoms with Crippen molar-refractivity contribution in [2.75, 3.05) is 26.4 Å². The number of phosphoric ester groups is 1. The van der Waals surface area contributed by atoms with Gasteiger partial charge in [0.15, 0.2) is 6.10 Å². The average Bonchev–Trinajstić information content (AvgIpc) is 3.68. The maximum absolute atomic E-state index is 12.8. The number of hydrogen-bond acceptors (Lipinski definition) is 8. The number of rotatable bonds is 76. The fourth-order valence-electron chi connectivity index (χ4n) is 12.2. The fraction of sp³-hybridized carbons (Fsp3) is 0.899. The van der Waals surface area contributed by atoms with Crippen molar-refractivity contribution in [1.29, 1.82) is 0 Å². The van der Waals surface area contributed by atoms with E-state index >= 15 is 0 Å². The van der Waals surface area contributed by atoms with Crippen LogP contribution >= 0.6 is 7.82 Å². The Morgan fingerprint density at radius 1 is 0.337 bits per heavy atom. The van der Waals surface area contributed by atoms with Gasteiger partial charge < -0.3 is 20.1 Å². The second kappa shape index (κ2) is 75.3. The number of phosphoric acid groups is 1. The summed E-state index contributed by atoms with van der Waals surface area (Å²) in [5.74, 6) is -0.800. The molecule has 0 radical (unpaired) electrons. The molecule has 0 aromatic heterocycles. The smallest absolute Gasteiger partial charge is 0.462 e. The molecule has 10 heteroatoms. The Morgan fingerprint density at radius 2 is 0.584 bits per heavy atom. The maximum atomic E-state index is 12.8. The average molecular weight is 1280 g/mol. The normalized spacial score (nSPS) is 13.0. The Labute approximate surface area is 554 Å². The van der Waals surface area contributed by atoms with Crippen molar-refractivity contribution in [2.45, 2.75) is 431 Å². The Kier molecular flexibility index (Phi) is 73.8. The molecule has 0 aliphatic rings. The summed E-state index contributed by atoms with van der Waals surface area (Å²) < 4.78 is 33.3. The van der Waals surface area contributed by atoms with Crippen molar-refractivity contribution in [3.63, 3.8) is 0 Å². The van der Waals surface area contributed by atoms with E-state index in [1.165, 1.54) is 347 Å². The lowest BCUT2D eigenvalue weighted by molar-refractivity contribution is -0.161. The second-order valence-corrected chi connectivity index (χ2v) is 28.4. The Balaban J connectivity index is 3.76. The van der Waals surface area contributed by atoms with Crippen molar-refractivity contribution < 1.29 is 37.6 Å². The summed E-state index contributed by atoms with van der Waals surface area (Å²) in [7, 11) is -4.39. The molecular formula is C79H152NO8P. The minimum atomic E-state index is -4.39. The van der Waals surface area contributed by atoms with E-state index in [2.05, 4.69) is 50.3 Å². The van der Waals surface area contributed by atoms with Crippen molar-refractivity contribution in [3.05, 3.63) is 36.5 Å². The summed E-state index contributed by atoms with van der Waals surface area (Å²) in [5, 5.41) is 0. The van der Waals surface area contributed by atoms with Gasteiger partial charge in [-0.3, -0.25) is 18.6 Å². The molecule has 0 amide bonds. The number of unbranched alkanes of at least 4 members (excludes halogenated alkanes) is 57. The molecule has 0 bridgehead atoms. The molecule has 2 atom stereocenters. The van der Waals surface area contributed by atoms with E-state index in [4.69, 9.17) is 24.3 Å². The van der Waals surface area contributed by atoms with Crippen LogP contribution in [0.4, 0.5) is 0 Å². The molecule has 0 rings (SSSR count). The molecule has 0 spiro atoms. The first-order valence-electron chi connectivity index (χ1n) is 39.5. The van der Waals surface area contributed by atoms with E-state index in [1.807, 2.05) is 0 Å². The van der Waals surface area contributed by atoms with Gasteiger partial charge >= 0.3 is 19.8 Å². The van der Waals surface area contributed by atoms with E-state index in [9.17, 15) is 19.0 Å². The predicted molar refractivity (Wildman–Crippen MR) is 386 cm³/mol. The number of carbonyl (C=O) groups is 2. The van der Waals surface area contributed by atoms with E-state index < -0.39 is 26.5 Å². The Bertz CT molecular complexity index is 1550. The van der Waals surface area contributed by atoms with Crippen LogP contribution in [0.15, 0.2) is 36.5 Å². The van der Waals surface area contributed by atoms with Crippen LogP contribution in [-0.2, 0) is 32.7 Å². The quantitative estimate of drug-likeness (QED) is 0.0264. The van der Waals surface area contributed by atoms with Crippen LogP contribution in [0.1, 0.15) is 425 Å². The zero-order valence-corrected chi connectivity index (χ0v) is 60.3. The number of nitrogens with two attached hydrogens (primary N) is 1. The zero-order valence-electron chi connectivity index (χ0n) is 59.5. The van der Waals surface area contributed by atoms with Gasteiger partial charge in [-0.1, -0.05) is 397 Å². The predicted octanol–water partition coefficient (Wildman–Crippen LogP) is 26.2. The lowest BCUT2D eigenvalue weighted by atomic mass is 10.0. The van der Waals surface area contributed by atoms with Crippen LogP contribution < -0.4 is 5.73 Å². The van der Waals surface area contributed by atoms with Gasteiger partial charge in [-0.15, -0.1) is 0 Å². The minimum absolute atomic E-state index is 0.0568. The summed E-state index contributed by atoms with van der Waals surface area (Å²) in [6, 6.07) is 0. The minimum Gasteiger partial charge on any atom is -0.462 e. The Morgan fingerprint density at radius 3 is 0.865 bits per heavy atom. The molecule has 0 aromatic rings. The van der Waals surface area contributed by atoms with Gasteiger partial charge in [0.05, 0.1) is 13.2 Å². The highest BCUT2D eigenvalue weighted by atomic mass is 31.2. The van der Waals surface area contributed by atoms with E-state index in [-0.39, 0.29) is 38.6 Å². The van der Waals surface area contributed by atoms with Crippen molar-refractivity contribution >= 4 is 19.8 Å². The van der Waals surface area contributed by atoms with Crippen molar-refractivity contribution in [1.82, 2.24) is 0 Å². The monoisotopic (exact) mass is 1270 g/mol. The standard InChI is InChI=1S/C79H152NO8P/c1-3-5-7-9-11-13-15-17-19-21-23-25-27-29-31-33-35-36-37-38-39-40-42-44-46-48-50-52-54-56-58-60-62-64-66-68-70-72-79(82)88-77(76-87-89(83,84)86-74-73-80)75-85-78(81)71-69-67-65-63-61-59-57-55-53-51-49-47-45-43-41-34-32-30-28-26-24-22-20-18-16-14-12-10-8-6-4-2/h15,17,21,23,27,29,77H,3-14,16,18-20,22,24-26,28,30-76,80H2,1-2H3,(H,83,84)/b17-15-,23-21-,29-27-. The molecule has 0 saturated heterocycles. The molecular weight excluding hydrogens is 1120 g/mol. The van der Waals surface area contributed by atoms with Gasteiger partial charge in [0, 0.05) is 19.4 Å². The molecule has 0 aromatic carbocycles. The lowest BCUT2D eigenvalue weighted by Crippen LogP contribution is -2.29. The third-order valence-corrected chi connectivity index (χ3v) is 19.0. The fourth-order valence-corrected chi connectivity index (χ4v) is 12.9. The largest absolute Gasteiger partial charge is 0.472 e. The molecule has 0 aliphatic heterocycles. The molecule has 89 heavy (non-hydrogen) atoms. The van der Waals surface area contributed by atoms with Gasteiger partial charge in [-0.05, 0) is 51.4 Å². The van der Waals surface area contributed by atoms with E-state index in [1.54, 1.807) is 0 Å². The maximum Gasteiger partial charge on any atom is 0.472 e. The summed E-state index contributed by atoms with van der Waals surface area (Å²) in [4.78, 5) is 35.4. The number of allylic oxidation sites excluding steroid dienone is 6. The zero-order chi connectivity index (χ0) is 64.4. The van der Waals surface area contributed by atoms with Gasteiger partial charge in [0.1, 0.15) is 6.61 Å².